The van der Waals surface area contributed by atoms with Crippen LogP contribution in [0.4, 0.5) is 18.9 Å². The van der Waals surface area contributed by atoms with Crippen molar-refractivity contribution in [1.82, 2.24) is 14.6 Å². The highest BCUT2D eigenvalue weighted by Crippen LogP contribution is 2.31. The van der Waals surface area contributed by atoms with Crippen molar-refractivity contribution in [3.05, 3.63) is 108 Å². The molecule has 1 N–H and O–H groups in total. The number of hydrogen-bond acceptors (Lipinski definition) is 3. The molecule has 0 spiro atoms. The molecule has 168 valence electrons. The van der Waals surface area contributed by atoms with Gasteiger partial charge in [-0.15, -0.1) is 0 Å². The molecule has 0 radical (unpaired) electrons. The second kappa shape index (κ2) is 8.47. The van der Waals surface area contributed by atoms with Crippen molar-refractivity contribution in [2.75, 3.05) is 5.32 Å². The number of nitrogens with zero attached hydrogens (tertiary/aromatic N) is 3. The summed E-state index contributed by atoms with van der Waals surface area (Å²) in [5.74, 6) is -0.606. The molecule has 0 fully saturated rings. The molecule has 5 rings (SSSR count). The predicted octanol–water partition coefficient (Wildman–Crippen LogP) is 6.33. The van der Waals surface area contributed by atoms with Crippen molar-refractivity contribution in [1.29, 1.82) is 0 Å². The molecule has 2 heterocycles. The Kier molecular flexibility index (Phi) is 5.33. The first-order chi connectivity index (χ1) is 16.4. The average molecular weight is 458 g/mol. The van der Waals surface area contributed by atoms with Gasteiger partial charge in [0, 0.05) is 16.8 Å². The first-order valence-electron chi connectivity index (χ1n) is 10.4. The molecule has 2 aromatic heterocycles. The number of fused-ring (bicyclic) bond motifs is 1. The van der Waals surface area contributed by atoms with E-state index in [1.165, 1.54) is 18.3 Å². The van der Waals surface area contributed by atoms with Crippen LogP contribution in [0.15, 0.2) is 97.2 Å². The molecule has 5 nitrogen and oxygen atoms in total. The smallest absolute Gasteiger partial charge is 0.322 e. The van der Waals surface area contributed by atoms with Gasteiger partial charge in [0.15, 0.2) is 5.65 Å². The maximum absolute atomic E-state index is 13.1. The molecule has 5 aromatic rings. The van der Waals surface area contributed by atoms with Gasteiger partial charge in [-0.2, -0.15) is 18.3 Å². The lowest BCUT2D eigenvalue weighted by atomic mass is 10.1. The molecule has 0 unspecified atom stereocenters. The van der Waals surface area contributed by atoms with Gasteiger partial charge in [-0.25, -0.2) is 9.50 Å². The van der Waals surface area contributed by atoms with Crippen molar-refractivity contribution >= 4 is 17.2 Å². The molecule has 0 bridgehead atoms. The van der Waals surface area contributed by atoms with Gasteiger partial charge in [-0.3, -0.25) is 4.79 Å². The summed E-state index contributed by atoms with van der Waals surface area (Å²) in [5, 5.41) is 6.90. The molecular weight excluding hydrogens is 441 g/mol. The van der Waals surface area contributed by atoms with Crippen molar-refractivity contribution in [3.8, 4) is 22.5 Å². The highest BCUT2D eigenvalue weighted by Gasteiger charge is 2.30. The summed E-state index contributed by atoms with van der Waals surface area (Å²) >= 11 is 0. The number of rotatable bonds is 4. The van der Waals surface area contributed by atoms with E-state index < -0.39 is 17.6 Å². The monoisotopic (exact) mass is 458 g/mol. The number of amides is 1. The zero-order valence-corrected chi connectivity index (χ0v) is 17.6. The van der Waals surface area contributed by atoms with Crippen LogP contribution >= 0.6 is 0 Å². The third-order valence-corrected chi connectivity index (χ3v) is 5.30. The highest BCUT2D eigenvalue weighted by atomic mass is 19.4. The van der Waals surface area contributed by atoms with Crippen molar-refractivity contribution in [2.45, 2.75) is 6.18 Å². The lowest BCUT2D eigenvalue weighted by Crippen LogP contribution is -2.13. The fourth-order valence-electron chi connectivity index (χ4n) is 3.67. The lowest BCUT2D eigenvalue weighted by molar-refractivity contribution is -0.137. The summed E-state index contributed by atoms with van der Waals surface area (Å²) < 4.78 is 40.7. The Morgan fingerprint density at radius 2 is 1.50 bits per heavy atom. The Balaban J connectivity index is 1.61. The summed E-state index contributed by atoms with van der Waals surface area (Å²) in [4.78, 5) is 17.7. The van der Waals surface area contributed by atoms with Crippen molar-refractivity contribution in [2.24, 2.45) is 0 Å². The van der Waals surface area contributed by atoms with Crippen LogP contribution < -0.4 is 5.32 Å². The third-order valence-electron chi connectivity index (χ3n) is 5.30. The van der Waals surface area contributed by atoms with Gasteiger partial charge >= 0.3 is 6.18 Å². The van der Waals surface area contributed by atoms with Gasteiger partial charge in [0.25, 0.3) is 5.91 Å². The Bertz CT molecular complexity index is 1480. The molecule has 0 aliphatic carbocycles. The Morgan fingerprint density at radius 1 is 0.824 bits per heavy atom. The zero-order chi connectivity index (χ0) is 23.7. The zero-order valence-electron chi connectivity index (χ0n) is 17.6. The number of hydrogen-bond donors (Lipinski definition) is 1. The van der Waals surface area contributed by atoms with E-state index in [4.69, 9.17) is 0 Å². The Morgan fingerprint density at radius 3 is 2.18 bits per heavy atom. The van der Waals surface area contributed by atoms with Crippen LogP contribution in [0.1, 0.15) is 15.9 Å². The summed E-state index contributed by atoms with van der Waals surface area (Å²) in [6.45, 7) is 0. The number of carbonyl (C=O) groups excluding carboxylic acids is 1. The van der Waals surface area contributed by atoms with Crippen molar-refractivity contribution in [3.63, 3.8) is 0 Å². The normalized spacial score (nSPS) is 11.5. The van der Waals surface area contributed by atoms with Crippen LogP contribution in [0.3, 0.4) is 0 Å². The molecule has 1 amide bonds. The van der Waals surface area contributed by atoms with E-state index in [1.54, 1.807) is 4.52 Å². The SMILES string of the molecule is O=C(Nc1cccc(C(F)(F)F)c1)c1cnn2c(-c3ccccc3)cc(-c3ccccc3)nc12. The maximum atomic E-state index is 13.1. The van der Waals surface area contributed by atoms with Gasteiger partial charge in [-0.1, -0.05) is 66.7 Å². The Labute approximate surface area is 192 Å². The van der Waals surface area contributed by atoms with Gasteiger partial charge in [-0.05, 0) is 24.3 Å². The third kappa shape index (κ3) is 4.13. The largest absolute Gasteiger partial charge is 0.416 e. The maximum Gasteiger partial charge on any atom is 0.416 e. The number of halogens is 3. The molecule has 8 heteroatoms. The number of nitrogens with one attached hydrogen (secondary N) is 1. The molecule has 3 aromatic carbocycles. The molecular formula is C26H17F3N4O. The molecule has 0 saturated heterocycles. The van der Waals surface area contributed by atoms with Gasteiger partial charge < -0.3 is 5.32 Å². The van der Waals surface area contributed by atoms with E-state index in [0.717, 1.165) is 29.0 Å². The topological polar surface area (TPSA) is 59.3 Å². The minimum atomic E-state index is -4.51. The standard InChI is InChI=1S/C26H17F3N4O/c27-26(28,29)19-12-7-13-20(14-19)31-25(34)21-16-30-33-23(18-10-5-2-6-11-18)15-22(32-24(21)33)17-8-3-1-4-9-17/h1-16H,(H,31,34). The number of benzene rings is 3. The second-order valence-corrected chi connectivity index (χ2v) is 7.59. The highest BCUT2D eigenvalue weighted by molar-refractivity contribution is 6.08. The minimum absolute atomic E-state index is 0.0293. The molecule has 0 aliphatic rings. The molecule has 0 aliphatic heterocycles. The summed E-state index contributed by atoms with van der Waals surface area (Å²) in [5.41, 5.74) is 2.72. The van der Waals surface area contributed by atoms with Gasteiger partial charge in [0.05, 0.1) is 23.1 Å². The van der Waals surface area contributed by atoms with Crippen LogP contribution in [0.25, 0.3) is 28.2 Å². The predicted molar refractivity (Wildman–Crippen MR) is 123 cm³/mol. The average Bonchev–Trinajstić information content (AvgIpc) is 3.28. The van der Waals surface area contributed by atoms with Crippen LogP contribution in [0.2, 0.25) is 0 Å². The molecule has 34 heavy (non-hydrogen) atoms. The summed E-state index contributed by atoms with van der Waals surface area (Å²) in [7, 11) is 0. The number of anilines is 1. The van der Waals surface area contributed by atoms with Gasteiger partial charge in [0.1, 0.15) is 5.56 Å². The summed E-state index contributed by atoms with van der Waals surface area (Å²) in [6.07, 6.45) is -3.14. The molecule has 0 atom stereocenters. The summed E-state index contributed by atoms with van der Waals surface area (Å²) in [6, 6.07) is 25.4. The van der Waals surface area contributed by atoms with E-state index in [1.807, 2.05) is 66.7 Å². The van der Waals surface area contributed by atoms with E-state index in [0.29, 0.717) is 11.3 Å². The fourth-order valence-corrected chi connectivity index (χ4v) is 3.67. The molecule has 0 saturated carbocycles. The fraction of sp³-hybridized carbons (Fsp3) is 0.0385. The Hall–Kier alpha value is -4.46. The van der Waals surface area contributed by atoms with Crippen LogP contribution in [0, 0.1) is 0 Å². The lowest BCUT2D eigenvalue weighted by Gasteiger charge is -2.11. The van der Waals surface area contributed by atoms with Crippen LogP contribution in [-0.2, 0) is 6.18 Å². The second-order valence-electron chi connectivity index (χ2n) is 7.59. The van der Waals surface area contributed by atoms with Crippen LogP contribution in [0.5, 0.6) is 0 Å². The minimum Gasteiger partial charge on any atom is -0.322 e. The first-order valence-corrected chi connectivity index (χ1v) is 10.4. The van der Waals surface area contributed by atoms with Crippen molar-refractivity contribution < 1.29 is 18.0 Å². The van der Waals surface area contributed by atoms with E-state index in [-0.39, 0.29) is 11.3 Å². The van der Waals surface area contributed by atoms with E-state index in [9.17, 15) is 18.0 Å². The number of carbonyl (C=O) groups is 1. The van der Waals surface area contributed by atoms with E-state index >= 15 is 0 Å². The first kappa shape index (κ1) is 21.4. The van der Waals surface area contributed by atoms with Gasteiger partial charge in [0.2, 0.25) is 0 Å². The quantitative estimate of drug-likeness (QED) is 0.342. The van der Waals surface area contributed by atoms with E-state index in [2.05, 4.69) is 15.4 Å². The van der Waals surface area contributed by atoms with Crippen LogP contribution in [-0.4, -0.2) is 20.5 Å². The number of aromatic nitrogens is 3. The number of alkyl halides is 3.